The zero-order valence-electron chi connectivity index (χ0n) is 16.3. The maximum atomic E-state index is 14.4. The van der Waals surface area contributed by atoms with Gasteiger partial charge in [0, 0.05) is 57.5 Å². The summed E-state index contributed by atoms with van der Waals surface area (Å²) in [4.78, 5) is 33.6. The predicted octanol–water partition coefficient (Wildman–Crippen LogP) is 1.15. The summed E-state index contributed by atoms with van der Waals surface area (Å²) < 4.78 is 16.0. The fourth-order valence-electron chi connectivity index (χ4n) is 3.46. The monoisotopic (exact) mass is 399 g/mol. The Morgan fingerprint density at radius 1 is 1.28 bits per heavy atom. The molecule has 1 saturated heterocycles. The number of halogens is 1. The zero-order chi connectivity index (χ0) is 20.5. The minimum atomic E-state index is -0.593. The van der Waals surface area contributed by atoms with Crippen LogP contribution in [0.3, 0.4) is 0 Å². The zero-order valence-corrected chi connectivity index (χ0v) is 16.3. The summed E-state index contributed by atoms with van der Waals surface area (Å²) in [5.74, 6) is -0.675. The van der Waals surface area contributed by atoms with Crippen LogP contribution >= 0.6 is 0 Å². The largest absolute Gasteiger partial charge is 0.365 e. The van der Waals surface area contributed by atoms with Gasteiger partial charge in [0.25, 0.3) is 5.56 Å². The standard InChI is InChI=1S/C19H22FN7O2/c1-12-10-27-17(23-19(12)29)9-14(24-27)11-25-5-7-26(8-6-25)15-3-4-16(21-13(2)28)22-18(15)20/h3-4,9-10H,5-8,11H2,1-2H3,(H,23,29)(H,21,22,28). The average molecular weight is 399 g/mol. The molecule has 4 heterocycles. The van der Waals surface area contributed by atoms with Crippen molar-refractivity contribution in [2.45, 2.75) is 20.4 Å². The van der Waals surface area contributed by atoms with E-state index in [2.05, 4.69) is 25.3 Å². The van der Waals surface area contributed by atoms with Crippen LogP contribution in [0.4, 0.5) is 15.9 Å². The molecule has 0 saturated carbocycles. The maximum Gasteiger partial charge on any atom is 0.254 e. The van der Waals surface area contributed by atoms with Crippen molar-refractivity contribution < 1.29 is 9.18 Å². The fourth-order valence-corrected chi connectivity index (χ4v) is 3.46. The number of nitrogens with zero attached hydrogens (tertiary/aromatic N) is 5. The molecule has 0 atom stereocenters. The minimum Gasteiger partial charge on any atom is -0.365 e. The van der Waals surface area contributed by atoms with Crippen molar-refractivity contribution in [1.82, 2.24) is 24.5 Å². The number of amides is 1. The molecule has 1 amide bonds. The Balaban J connectivity index is 1.39. The second-order valence-corrected chi connectivity index (χ2v) is 7.18. The summed E-state index contributed by atoms with van der Waals surface area (Å²) in [5, 5.41) is 7.00. The highest BCUT2D eigenvalue weighted by Gasteiger charge is 2.21. The first-order valence-electron chi connectivity index (χ1n) is 9.38. The van der Waals surface area contributed by atoms with Crippen molar-refractivity contribution in [3.05, 3.63) is 52.0 Å². The van der Waals surface area contributed by atoms with E-state index in [0.717, 1.165) is 18.8 Å². The topological polar surface area (TPSA) is 98.6 Å². The molecule has 3 aromatic rings. The lowest BCUT2D eigenvalue weighted by atomic mass is 10.2. The molecule has 10 heteroatoms. The van der Waals surface area contributed by atoms with Gasteiger partial charge < -0.3 is 15.2 Å². The van der Waals surface area contributed by atoms with E-state index in [9.17, 15) is 14.0 Å². The van der Waals surface area contributed by atoms with Crippen molar-refractivity contribution >= 4 is 23.1 Å². The molecule has 1 aliphatic rings. The van der Waals surface area contributed by atoms with Gasteiger partial charge in [0.2, 0.25) is 11.9 Å². The number of carbonyl (C=O) groups is 1. The van der Waals surface area contributed by atoms with E-state index in [1.54, 1.807) is 29.8 Å². The van der Waals surface area contributed by atoms with Crippen LogP contribution in [0, 0.1) is 12.9 Å². The SMILES string of the molecule is CC(=O)Nc1ccc(N2CCN(Cc3cc4[nH]c(=O)c(C)cn4n3)CC2)c(F)n1. The molecule has 2 N–H and O–H groups in total. The molecule has 152 valence electrons. The number of piperazine rings is 1. The average Bonchev–Trinajstić information content (AvgIpc) is 3.03. The molecule has 4 rings (SSSR count). The number of aromatic amines is 1. The van der Waals surface area contributed by atoms with Crippen LogP contribution in [0.25, 0.3) is 5.65 Å². The van der Waals surface area contributed by atoms with Crippen molar-refractivity contribution in [2.24, 2.45) is 0 Å². The first-order valence-corrected chi connectivity index (χ1v) is 9.38. The van der Waals surface area contributed by atoms with Gasteiger partial charge in [-0.15, -0.1) is 0 Å². The van der Waals surface area contributed by atoms with E-state index in [4.69, 9.17) is 0 Å². The summed E-state index contributed by atoms with van der Waals surface area (Å²) >= 11 is 0. The number of fused-ring (bicyclic) bond motifs is 1. The molecule has 0 unspecified atom stereocenters. The predicted molar refractivity (Wildman–Crippen MR) is 107 cm³/mol. The molecular weight excluding hydrogens is 377 g/mol. The Bertz CT molecular complexity index is 1120. The minimum absolute atomic E-state index is 0.113. The molecule has 3 aromatic heterocycles. The summed E-state index contributed by atoms with van der Waals surface area (Å²) in [6.45, 7) is 6.55. The first-order chi connectivity index (χ1) is 13.9. The van der Waals surface area contributed by atoms with E-state index in [1.165, 1.54) is 6.92 Å². The third kappa shape index (κ3) is 4.11. The van der Waals surface area contributed by atoms with Crippen LogP contribution in [0.1, 0.15) is 18.2 Å². The van der Waals surface area contributed by atoms with E-state index in [-0.39, 0.29) is 17.3 Å². The number of hydrogen-bond donors (Lipinski definition) is 2. The highest BCUT2D eigenvalue weighted by molar-refractivity contribution is 5.87. The number of nitrogens with one attached hydrogen (secondary N) is 2. The summed E-state index contributed by atoms with van der Waals surface area (Å²) in [6.07, 6.45) is 1.72. The molecule has 29 heavy (non-hydrogen) atoms. The van der Waals surface area contributed by atoms with Gasteiger partial charge in [0.1, 0.15) is 11.5 Å². The molecule has 0 bridgehead atoms. The van der Waals surface area contributed by atoms with Gasteiger partial charge in [0.15, 0.2) is 0 Å². The van der Waals surface area contributed by atoms with Gasteiger partial charge in [-0.05, 0) is 19.1 Å². The molecule has 1 aliphatic heterocycles. The van der Waals surface area contributed by atoms with Crippen molar-refractivity contribution in [1.29, 1.82) is 0 Å². The number of pyridine rings is 1. The van der Waals surface area contributed by atoms with E-state index in [1.807, 2.05) is 11.0 Å². The van der Waals surface area contributed by atoms with Gasteiger partial charge in [-0.1, -0.05) is 0 Å². The third-order valence-electron chi connectivity index (χ3n) is 4.93. The summed E-state index contributed by atoms with van der Waals surface area (Å²) in [5.41, 5.74) is 2.46. The summed E-state index contributed by atoms with van der Waals surface area (Å²) in [7, 11) is 0. The second-order valence-electron chi connectivity index (χ2n) is 7.18. The molecule has 1 fully saturated rings. The number of hydrogen-bond acceptors (Lipinski definition) is 6. The molecular formula is C19H22FN7O2. The van der Waals surface area contributed by atoms with E-state index >= 15 is 0 Å². The third-order valence-corrected chi connectivity index (χ3v) is 4.93. The highest BCUT2D eigenvalue weighted by atomic mass is 19.1. The van der Waals surface area contributed by atoms with Crippen molar-refractivity contribution in [3.63, 3.8) is 0 Å². The number of aromatic nitrogens is 4. The first kappa shape index (κ1) is 19.1. The fraction of sp³-hybridized carbons (Fsp3) is 0.368. The molecule has 0 aromatic carbocycles. The molecule has 0 aliphatic carbocycles. The highest BCUT2D eigenvalue weighted by Crippen LogP contribution is 2.22. The number of rotatable bonds is 4. The lowest BCUT2D eigenvalue weighted by Crippen LogP contribution is -2.46. The van der Waals surface area contributed by atoms with Gasteiger partial charge >= 0.3 is 0 Å². The lowest BCUT2D eigenvalue weighted by Gasteiger charge is -2.35. The van der Waals surface area contributed by atoms with Crippen LogP contribution < -0.4 is 15.8 Å². The Morgan fingerprint density at radius 2 is 2.03 bits per heavy atom. The van der Waals surface area contributed by atoms with Crippen LogP contribution in [0.15, 0.2) is 29.2 Å². The van der Waals surface area contributed by atoms with Gasteiger partial charge in [-0.3, -0.25) is 14.5 Å². The second kappa shape index (κ2) is 7.63. The molecule has 9 nitrogen and oxygen atoms in total. The lowest BCUT2D eigenvalue weighted by molar-refractivity contribution is -0.114. The van der Waals surface area contributed by atoms with Crippen LogP contribution in [-0.4, -0.2) is 56.6 Å². The van der Waals surface area contributed by atoms with Crippen LogP contribution in [0.5, 0.6) is 0 Å². The Hall–Kier alpha value is -3.27. The van der Waals surface area contributed by atoms with Crippen LogP contribution in [0.2, 0.25) is 0 Å². The maximum absolute atomic E-state index is 14.4. The normalized spacial score (nSPS) is 15.1. The quantitative estimate of drug-likeness (QED) is 0.639. The Labute approximate surface area is 166 Å². The van der Waals surface area contributed by atoms with Crippen LogP contribution in [-0.2, 0) is 11.3 Å². The number of carbonyl (C=O) groups excluding carboxylic acids is 1. The van der Waals surface area contributed by atoms with Crippen molar-refractivity contribution in [3.8, 4) is 0 Å². The van der Waals surface area contributed by atoms with Gasteiger partial charge in [-0.2, -0.15) is 9.49 Å². The van der Waals surface area contributed by atoms with E-state index < -0.39 is 5.95 Å². The number of anilines is 2. The smallest absolute Gasteiger partial charge is 0.254 e. The number of aryl methyl sites for hydroxylation is 1. The van der Waals surface area contributed by atoms with Gasteiger partial charge in [0.05, 0.1) is 11.4 Å². The van der Waals surface area contributed by atoms with Gasteiger partial charge in [-0.25, -0.2) is 9.50 Å². The Kier molecular flexibility index (Phi) is 5.01. The molecule has 0 radical (unpaired) electrons. The Morgan fingerprint density at radius 3 is 2.72 bits per heavy atom. The van der Waals surface area contributed by atoms with Crippen molar-refractivity contribution in [2.75, 3.05) is 36.4 Å². The van der Waals surface area contributed by atoms with E-state index in [0.29, 0.717) is 36.5 Å². The molecule has 0 spiro atoms. The number of H-pyrrole nitrogens is 1. The summed E-state index contributed by atoms with van der Waals surface area (Å²) in [6, 6.07) is 5.12.